The van der Waals surface area contributed by atoms with Gasteiger partial charge in [0.1, 0.15) is 0 Å². The van der Waals surface area contributed by atoms with Crippen molar-refractivity contribution in [2.45, 2.75) is 50.7 Å². The summed E-state index contributed by atoms with van der Waals surface area (Å²) in [4.78, 5) is 14.7. The summed E-state index contributed by atoms with van der Waals surface area (Å²) in [5.41, 5.74) is 1.37. The highest BCUT2D eigenvalue weighted by molar-refractivity contribution is 5.82. The van der Waals surface area contributed by atoms with E-state index < -0.39 is 0 Å². The maximum absolute atomic E-state index is 12.3. The van der Waals surface area contributed by atoms with Crippen molar-refractivity contribution in [1.82, 2.24) is 15.5 Å². The fraction of sp³-hybridized carbons (Fsp3) is 0.611. The first-order valence-electron chi connectivity index (χ1n) is 8.61. The molecule has 1 amide bonds. The molecule has 1 aromatic rings. The monoisotopic (exact) mass is 301 g/mol. The van der Waals surface area contributed by atoms with Gasteiger partial charge < -0.3 is 10.6 Å². The van der Waals surface area contributed by atoms with Crippen LogP contribution in [0.1, 0.15) is 37.7 Å². The van der Waals surface area contributed by atoms with E-state index in [1.165, 1.54) is 18.4 Å². The van der Waals surface area contributed by atoms with Crippen molar-refractivity contribution in [1.29, 1.82) is 0 Å². The number of amides is 1. The summed E-state index contributed by atoms with van der Waals surface area (Å²) in [6, 6.07) is 11.0. The highest BCUT2D eigenvalue weighted by Crippen LogP contribution is 2.15. The number of piperidine rings is 2. The fourth-order valence-electron chi connectivity index (χ4n) is 3.45. The average Bonchev–Trinajstić information content (AvgIpc) is 2.58. The van der Waals surface area contributed by atoms with E-state index in [1.54, 1.807) is 0 Å². The molecule has 2 saturated heterocycles. The number of hydrogen-bond acceptors (Lipinski definition) is 3. The Labute approximate surface area is 133 Å². The molecule has 0 saturated carbocycles. The number of hydrogen-bond donors (Lipinski definition) is 2. The van der Waals surface area contributed by atoms with Crippen LogP contribution >= 0.6 is 0 Å². The van der Waals surface area contributed by atoms with Gasteiger partial charge in [0.15, 0.2) is 0 Å². The third-order valence-electron chi connectivity index (χ3n) is 4.81. The van der Waals surface area contributed by atoms with Crippen LogP contribution in [0, 0.1) is 0 Å². The maximum Gasteiger partial charge on any atom is 0.237 e. The van der Waals surface area contributed by atoms with Gasteiger partial charge in [-0.2, -0.15) is 0 Å². The quantitative estimate of drug-likeness (QED) is 0.893. The van der Waals surface area contributed by atoms with Crippen LogP contribution in [0.4, 0.5) is 0 Å². The van der Waals surface area contributed by atoms with Crippen LogP contribution in [0.2, 0.25) is 0 Å². The van der Waals surface area contributed by atoms with Gasteiger partial charge in [0.25, 0.3) is 0 Å². The molecule has 2 aliphatic rings. The van der Waals surface area contributed by atoms with Gasteiger partial charge in [0.05, 0.1) is 6.04 Å². The number of nitrogens with zero attached hydrogens (tertiary/aromatic N) is 1. The molecule has 0 aromatic heterocycles. The molecule has 1 aromatic carbocycles. The molecule has 0 aliphatic carbocycles. The maximum atomic E-state index is 12.3. The van der Waals surface area contributed by atoms with Crippen LogP contribution in [-0.2, 0) is 11.3 Å². The minimum Gasteiger partial charge on any atom is -0.352 e. The van der Waals surface area contributed by atoms with E-state index in [0.717, 1.165) is 45.4 Å². The molecule has 0 radical (unpaired) electrons. The van der Waals surface area contributed by atoms with Crippen molar-refractivity contribution in [3.8, 4) is 0 Å². The van der Waals surface area contributed by atoms with Gasteiger partial charge >= 0.3 is 0 Å². The number of nitrogens with one attached hydrogen (secondary N) is 2. The van der Waals surface area contributed by atoms with Gasteiger partial charge in [0.2, 0.25) is 5.91 Å². The van der Waals surface area contributed by atoms with Crippen molar-refractivity contribution in [3.05, 3.63) is 35.9 Å². The van der Waals surface area contributed by atoms with Gasteiger partial charge in [0, 0.05) is 25.7 Å². The minimum absolute atomic E-state index is 0.0381. The molecule has 0 bridgehead atoms. The zero-order chi connectivity index (χ0) is 15.2. The lowest BCUT2D eigenvalue weighted by Crippen LogP contribution is -2.52. The third kappa shape index (κ3) is 4.31. The van der Waals surface area contributed by atoms with Crippen LogP contribution in [0.25, 0.3) is 0 Å². The molecule has 0 unspecified atom stereocenters. The van der Waals surface area contributed by atoms with Gasteiger partial charge in [-0.15, -0.1) is 0 Å². The average molecular weight is 301 g/mol. The fourth-order valence-corrected chi connectivity index (χ4v) is 3.45. The van der Waals surface area contributed by atoms with E-state index in [1.807, 2.05) is 0 Å². The van der Waals surface area contributed by atoms with Crippen molar-refractivity contribution < 1.29 is 4.79 Å². The van der Waals surface area contributed by atoms with Crippen LogP contribution in [0.15, 0.2) is 30.3 Å². The molecule has 4 heteroatoms. The molecule has 4 nitrogen and oxygen atoms in total. The molecule has 120 valence electrons. The molecule has 3 rings (SSSR count). The van der Waals surface area contributed by atoms with Gasteiger partial charge in [-0.05, 0) is 37.8 Å². The first kappa shape index (κ1) is 15.5. The zero-order valence-electron chi connectivity index (χ0n) is 13.3. The third-order valence-corrected chi connectivity index (χ3v) is 4.81. The highest BCUT2D eigenvalue weighted by Gasteiger charge is 2.25. The standard InChI is InChI=1S/C18H27N3O/c22-18(17-8-4-5-11-19-17)20-16-9-12-21(13-10-16)14-15-6-2-1-3-7-15/h1-3,6-7,16-17,19H,4-5,8-14H2,(H,20,22)/t17-/m0/s1. The summed E-state index contributed by atoms with van der Waals surface area (Å²) >= 11 is 0. The molecule has 2 aliphatic heterocycles. The van der Waals surface area contributed by atoms with E-state index in [4.69, 9.17) is 0 Å². The van der Waals surface area contributed by atoms with E-state index >= 15 is 0 Å². The topological polar surface area (TPSA) is 44.4 Å². The lowest BCUT2D eigenvalue weighted by molar-refractivity contribution is -0.124. The molecule has 2 N–H and O–H groups in total. The van der Waals surface area contributed by atoms with Crippen LogP contribution in [0.5, 0.6) is 0 Å². The van der Waals surface area contributed by atoms with Gasteiger partial charge in [-0.25, -0.2) is 0 Å². The molecule has 2 fully saturated rings. The number of carbonyl (C=O) groups is 1. The van der Waals surface area contributed by atoms with E-state index in [0.29, 0.717) is 6.04 Å². The SMILES string of the molecule is O=C(NC1CCN(Cc2ccccc2)CC1)[C@@H]1CCCCN1. The minimum atomic E-state index is 0.0381. The van der Waals surface area contributed by atoms with Crippen molar-refractivity contribution in [2.24, 2.45) is 0 Å². The first-order valence-corrected chi connectivity index (χ1v) is 8.61. The lowest BCUT2D eigenvalue weighted by atomic mass is 10.0. The Morgan fingerprint density at radius 2 is 1.91 bits per heavy atom. The van der Waals surface area contributed by atoms with Crippen molar-refractivity contribution in [3.63, 3.8) is 0 Å². The Morgan fingerprint density at radius 3 is 2.59 bits per heavy atom. The summed E-state index contributed by atoms with van der Waals surface area (Å²) in [7, 11) is 0. The van der Waals surface area contributed by atoms with E-state index in [-0.39, 0.29) is 11.9 Å². The number of rotatable bonds is 4. The van der Waals surface area contributed by atoms with Crippen LogP contribution in [-0.4, -0.2) is 42.5 Å². The highest BCUT2D eigenvalue weighted by atomic mass is 16.2. The Balaban J connectivity index is 1.40. The molecular formula is C18H27N3O. The summed E-state index contributed by atoms with van der Waals surface area (Å²) < 4.78 is 0. The lowest BCUT2D eigenvalue weighted by Gasteiger charge is -2.33. The smallest absolute Gasteiger partial charge is 0.237 e. The number of carbonyl (C=O) groups excluding carboxylic acids is 1. The van der Waals surface area contributed by atoms with E-state index in [2.05, 4.69) is 45.9 Å². The van der Waals surface area contributed by atoms with Gasteiger partial charge in [-0.1, -0.05) is 36.8 Å². The van der Waals surface area contributed by atoms with E-state index in [9.17, 15) is 4.79 Å². The molecular weight excluding hydrogens is 274 g/mol. The summed E-state index contributed by atoms with van der Waals surface area (Å²) in [6.07, 6.45) is 5.47. The first-order chi connectivity index (χ1) is 10.8. The summed E-state index contributed by atoms with van der Waals surface area (Å²) in [5, 5.41) is 6.57. The van der Waals surface area contributed by atoms with Gasteiger partial charge in [-0.3, -0.25) is 9.69 Å². The Morgan fingerprint density at radius 1 is 1.14 bits per heavy atom. The predicted octanol–water partition coefficient (Wildman–Crippen LogP) is 1.91. The van der Waals surface area contributed by atoms with Crippen LogP contribution in [0.3, 0.4) is 0 Å². The zero-order valence-corrected chi connectivity index (χ0v) is 13.3. The summed E-state index contributed by atoms with van der Waals surface area (Å²) in [6.45, 7) is 4.13. The molecule has 2 heterocycles. The second-order valence-electron chi connectivity index (χ2n) is 6.55. The Bertz CT molecular complexity index is 462. The summed E-state index contributed by atoms with van der Waals surface area (Å²) in [5.74, 6) is 0.209. The Kier molecular flexibility index (Phi) is 5.46. The van der Waals surface area contributed by atoms with Crippen molar-refractivity contribution >= 4 is 5.91 Å². The molecule has 1 atom stereocenters. The molecule has 22 heavy (non-hydrogen) atoms. The predicted molar refractivity (Wildman–Crippen MR) is 88.5 cm³/mol. The Hall–Kier alpha value is -1.39. The second-order valence-corrected chi connectivity index (χ2v) is 6.55. The molecule has 0 spiro atoms. The number of benzene rings is 1. The second kappa shape index (κ2) is 7.75. The largest absolute Gasteiger partial charge is 0.352 e. The van der Waals surface area contributed by atoms with Crippen LogP contribution < -0.4 is 10.6 Å². The van der Waals surface area contributed by atoms with Crippen molar-refractivity contribution in [2.75, 3.05) is 19.6 Å². The normalized spacial score (nSPS) is 24.1. The number of likely N-dealkylation sites (tertiary alicyclic amines) is 1.